The third-order valence-electron chi connectivity index (χ3n) is 2.34. The standard InChI is InChI=1S/C9H12N4O2S3/c1-3-18(14,15)4-6-10-5(2)7(17-6)8-11-9(16)13-12-8/h3-4H2,1-2H3,(H2,11,12,13,16). The Balaban J connectivity index is 2.36. The first-order valence-electron chi connectivity index (χ1n) is 5.23. The van der Waals surface area contributed by atoms with E-state index in [0.717, 1.165) is 10.6 Å². The third kappa shape index (κ3) is 2.85. The molecule has 0 saturated heterocycles. The van der Waals surface area contributed by atoms with E-state index in [0.29, 0.717) is 15.6 Å². The lowest BCUT2D eigenvalue weighted by Gasteiger charge is -1.95. The number of aromatic nitrogens is 4. The molecule has 2 N–H and O–H groups in total. The van der Waals surface area contributed by atoms with Gasteiger partial charge in [-0.2, -0.15) is 4.98 Å². The fraction of sp³-hybridized carbons (Fsp3) is 0.444. The Kier molecular flexibility index (Phi) is 3.64. The number of aryl methyl sites for hydroxylation is 1. The van der Waals surface area contributed by atoms with Gasteiger partial charge in [0.25, 0.3) is 0 Å². The van der Waals surface area contributed by atoms with E-state index in [-0.39, 0.29) is 11.5 Å². The molecule has 0 aromatic carbocycles. The second-order valence-corrected chi connectivity index (χ2v) is 7.54. The van der Waals surface area contributed by atoms with Crippen molar-refractivity contribution >= 4 is 33.4 Å². The van der Waals surface area contributed by atoms with Crippen LogP contribution in [0.15, 0.2) is 0 Å². The minimum atomic E-state index is -3.06. The van der Waals surface area contributed by atoms with E-state index < -0.39 is 9.84 Å². The summed E-state index contributed by atoms with van der Waals surface area (Å²) in [5.41, 5.74) is 0.749. The van der Waals surface area contributed by atoms with E-state index in [1.54, 1.807) is 6.92 Å². The molecular formula is C9H12N4O2S3. The van der Waals surface area contributed by atoms with Crippen molar-refractivity contribution in [1.29, 1.82) is 0 Å². The van der Waals surface area contributed by atoms with Crippen molar-refractivity contribution in [3.63, 3.8) is 0 Å². The van der Waals surface area contributed by atoms with Gasteiger partial charge in [-0.25, -0.2) is 13.4 Å². The molecule has 0 aliphatic heterocycles. The molecule has 0 atom stereocenters. The molecule has 0 saturated carbocycles. The predicted octanol–water partition coefficient (Wildman–Crippen LogP) is 1.83. The Morgan fingerprint density at radius 3 is 2.61 bits per heavy atom. The van der Waals surface area contributed by atoms with Crippen LogP contribution in [0.1, 0.15) is 17.6 Å². The zero-order valence-electron chi connectivity index (χ0n) is 9.85. The van der Waals surface area contributed by atoms with E-state index in [2.05, 4.69) is 20.2 Å². The van der Waals surface area contributed by atoms with Gasteiger partial charge < -0.3 is 0 Å². The van der Waals surface area contributed by atoms with Crippen LogP contribution in [0.5, 0.6) is 0 Å². The first-order valence-corrected chi connectivity index (χ1v) is 8.27. The highest BCUT2D eigenvalue weighted by Crippen LogP contribution is 2.28. The summed E-state index contributed by atoms with van der Waals surface area (Å²) in [4.78, 5) is 9.17. The van der Waals surface area contributed by atoms with Crippen LogP contribution in [-0.4, -0.2) is 34.3 Å². The molecule has 2 aromatic heterocycles. The molecule has 0 amide bonds. The predicted molar refractivity (Wildman–Crippen MR) is 72.8 cm³/mol. The van der Waals surface area contributed by atoms with Crippen molar-refractivity contribution in [2.24, 2.45) is 0 Å². The van der Waals surface area contributed by atoms with Crippen LogP contribution in [0, 0.1) is 11.7 Å². The Hall–Kier alpha value is -1.06. The van der Waals surface area contributed by atoms with Crippen LogP contribution >= 0.6 is 23.6 Å². The zero-order valence-corrected chi connectivity index (χ0v) is 12.3. The van der Waals surface area contributed by atoms with Crippen molar-refractivity contribution in [1.82, 2.24) is 20.2 Å². The van der Waals surface area contributed by atoms with Gasteiger partial charge in [0, 0.05) is 5.75 Å². The molecule has 9 heteroatoms. The molecule has 0 aliphatic rings. The lowest BCUT2D eigenvalue weighted by atomic mass is 10.4. The van der Waals surface area contributed by atoms with Gasteiger partial charge in [0.2, 0.25) is 4.77 Å². The number of sulfone groups is 1. The Morgan fingerprint density at radius 2 is 2.06 bits per heavy atom. The first-order chi connectivity index (χ1) is 8.41. The van der Waals surface area contributed by atoms with Crippen LogP contribution in [0.3, 0.4) is 0 Å². The van der Waals surface area contributed by atoms with Gasteiger partial charge in [-0.1, -0.05) is 6.92 Å². The Morgan fingerprint density at radius 1 is 1.33 bits per heavy atom. The summed E-state index contributed by atoms with van der Waals surface area (Å²) < 4.78 is 23.5. The van der Waals surface area contributed by atoms with Gasteiger partial charge in [0.15, 0.2) is 15.7 Å². The number of hydrogen-bond acceptors (Lipinski definition) is 6. The van der Waals surface area contributed by atoms with Crippen LogP contribution in [-0.2, 0) is 15.6 Å². The molecule has 0 bridgehead atoms. The molecule has 0 spiro atoms. The largest absolute Gasteiger partial charge is 0.281 e. The van der Waals surface area contributed by atoms with Gasteiger partial charge in [-0.15, -0.1) is 11.3 Å². The summed E-state index contributed by atoms with van der Waals surface area (Å²) in [6.07, 6.45) is 0. The van der Waals surface area contributed by atoms with Crippen molar-refractivity contribution in [3.8, 4) is 10.7 Å². The number of hydrogen-bond donors (Lipinski definition) is 2. The van der Waals surface area contributed by atoms with Crippen LogP contribution in [0.4, 0.5) is 0 Å². The molecule has 6 nitrogen and oxygen atoms in total. The maximum atomic E-state index is 11.6. The first kappa shape index (κ1) is 13.4. The number of aromatic amines is 2. The smallest absolute Gasteiger partial charge is 0.213 e. The minimum Gasteiger partial charge on any atom is -0.281 e. The van der Waals surface area contributed by atoms with E-state index in [4.69, 9.17) is 12.2 Å². The van der Waals surface area contributed by atoms with Crippen molar-refractivity contribution in [2.75, 3.05) is 5.75 Å². The van der Waals surface area contributed by atoms with Crippen LogP contribution < -0.4 is 0 Å². The highest BCUT2D eigenvalue weighted by molar-refractivity contribution is 7.90. The number of nitrogens with zero attached hydrogens (tertiary/aromatic N) is 2. The molecule has 2 aromatic rings. The van der Waals surface area contributed by atoms with Crippen molar-refractivity contribution < 1.29 is 8.42 Å². The lowest BCUT2D eigenvalue weighted by molar-refractivity contribution is 0.596. The van der Waals surface area contributed by atoms with Crippen LogP contribution in [0.25, 0.3) is 10.7 Å². The normalized spacial score (nSPS) is 11.9. The summed E-state index contributed by atoms with van der Waals surface area (Å²) in [5.74, 6) is 0.682. The maximum absolute atomic E-state index is 11.6. The number of nitrogens with one attached hydrogen (secondary N) is 2. The average molecular weight is 304 g/mol. The van der Waals surface area contributed by atoms with Gasteiger partial charge in [-0.05, 0) is 19.1 Å². The SMILES string of the molecule is CCS(=O)(=O)Cc1nc(C)c(-c2nc(=S)[nH][nH]2)s1. The fourth-order valence-electron chi connectivity index (χ4n) is 1.40. The molecule has 0 fully saturated rings. The van der Waals surface area contributed by atoms with Crippen LogP contribution in [0.2, 0.25) is 0 Å². The van der Waals surface area contributed by atoms with Gasteiger partial charge >= 0.3 is 0 Å². The Labute approximate surface area is 113 Å². The molecule has 0 aliphatic carbocycles. The second-order valence-electron chi connectivity index (χ2n) is 3.71. The molecular weight excluding hydrogens is 292 g/mol. The monoisotopic (exact) mass is 304 g/mol. The summed E-state index contributed by atoms with van der Waals surface area (Å²) >= 11 is 6.20. The highest BCUT2D eigenvalue weighted by Gasteiger charge is 2.16. The minimum absolute atomic E-state index is 0.0276. The quantitative estimate of drug-likeness (QED) is 0.841. The molecule has 18 heavy (non-hydrogen) atoms. The Bertz CT molecular complexity index is 710. The molecule has 98 valence electrons. The highest BCUT2D eigenvalue weighted by atomic mass is 32.2. The molecule has 0 unspecified atom stereocenters. The number of H-pyrrole nitrogens is 2. The van der Waals surface area contributed by atoms with E-state index >= 15 is 0 Å². The van der Waals surface area contributed by atoms with Gasteiger partial charge in [0.1, 0.15) is 10.8 Å². The lowest BCUT2D eigenvalue weighted by Crippen LogP contribution is -2.06. The fourth-order valence-corrected chi connectivity index (χ4v) is 3.77. The molecule has 0 radical (unpaired) electrons. The topological polar surface area (TPSA) is 91.5 Å². The summed E-state index contributed by atoms with van der Waals surface area (Å²) in [7, 11) is -3.06. The van der Waals surface area contributed by atoms with E-state index in [1.807, 2.05) is 6.92 Å². The van der Waals surface area contributed by atoms with E-state index in [9.17, 15) is 8.42 Å². The zero-order chi connectivity index (χ0) is 13.3. The summed E-state index contributed by atoms with van der Waals surface area (Å²) in [6, 6.07) is 0. The second kappa shape index (κ2) is 4.90. The van der Waals surface area contributed by atoms with Crippen molar-refractivity contribution in [2.45, 2.75) is 19.6 Å². The van der Waals surface area contributed by atoms with Gasteiger partial charge in [0.05, 0.1) is 10.6 Å². The van der Waals surface area contributed by atoms with Crippen molar-refractivity contribution in [3.05, 3.63) is 15.5 Å². The number of thiazole rings is 1. The maximum Gasteiger partial charge on any atom is 0.213 e. The third-order valence-corrected chi connectivity index (χ3v) is 5.47. The molecule has 2 rings (SSSR count). The number of rotatable bonds is 4. The molecule has 2 heterocycles. The average Bonchev–Trinajstić information content (AvgIpc) is 2.84. The summed E-state index contributed by atoms with van der Waals surface area (Å²) in [5, 5.41) is 6.11. The summed E-state index contributed by atoms with van der Waals surface area (Å²) in [6.45, 7) is 3.45. The van der Waals surface area contributed by atoms with Gasteiger partial charge in [-0.3, -0.25) is 10.2 Å². The van der Waals surface area contributed by atoms with E-state index in [1.165, 1.54) is 11.3 Å².